The average molecular weight is 243 g/mol. The van der Waals surface area contributed by atoms with Crippen LogP contribution in [0.3, 0.4) is 0 Å². The number of hydrogen-bond donors (Lipinski definition) is 1. The molecule has 1 aromatic heterocycles. The number of carbonyl (C=O) groups is 2. The fourth-order valence-corrected chi connectivity index (χ4v) is 1.35. The highest BCUT2D eigenvalue weighted by Gasteiger charge is 2.28. The molecule has 17 heavy (non-hydrogen) atoms. The van der Waals surface area contributed by atoms with Crippen molar-refractivity contribution in [1.29, 1.82) is 0 Å². The van der Waals surface area contributed by atoms with Crippen molar-refractivity contribution in [2.75, 3.05) is 28.4 Å². The van der Waals surface area contributed by atoms with Crippen molar-refractivity contribution in [1.82, 2.24) is 4.98 Å². The second kappa shape index (κ2) is 5.24. The fraction of sp³-hybridized carbons (Fsp3) is 0.400. The highest BCUT2D eigenvalue weighted by Crippen LogP contribution is 2.35. The Morgan fingerprint density at radius 1 is 0.824 bits per heavy atom. The summed E-state index contributed by atoms with van der Waals surface area (Å²) in [5, 5.41) is 0. The van der Waals surface area contributed by atoms with Gasteiger partial charge in [-0.15, -0.1) is 0 Å². The van der Waals surface area contributed by atoms with Crippen molar-refractivity contribution >= 4 is 11.9 Å². The predicted molar refractivity (Wildman–Crippen MR) is 56.6 cm³/mol. The Morgan fingerprint density at radius 3 is 1.41 bits per heavy atom. The van der Waals surface area contributed by atoms with E-state index in [2.05, 4.69) is 14.5 Å². The summed E-state index contributed by atoms with van der Waals surface area (Å²) in [5.74, 6) is -1.15. The summed E-state index contributed by atoms with van der Waals surface area (Å²) in [6.07, 6.45) is 0. The number of rotatable bonds is 4. The Hall–Kier alpha value is -2.18. The van der Waals surface area contributed by atoms with Crippen LogP contribution < -0.4 is 9.47 Å². The molecule has 0 aromatic carbocycles. The predicted octanol–water partition coefficient (Wildman–Crippen LogP) is 0.605. The minimum Gasteiger partial charge on any atom is -0.491 e. The molecule has 1 heterocycles. The van der Waals surface area contributed by atoms with Gasteiger partial charge in [-0.2, -0.15) is 0 Å². The molecular formula is C10H13NO6. The van der Waals surface area contributed by atoms with Gasteiger partial charge in [-0.25, -0.2) is 9.59 Å². The molecule has 0 aliphatic rings. The Balaban J connectivity index is 3.38. The Morgan fingerprint density at radius 2 is 1.18 bits per heavy atom. The van der Waals surface area contributed by atoms with E-state index in [-0.39, 0.29) is 22.9 Å². The largest absolute Gasteiger partial charge is 0.491 e. The molecule has 0 saturated heterocycles. The number of aromatic amines is 1. The first-order valence-electron chi connectivity index (χ1n) is 4.61. The maximum atomic E-state index is 11.4. The van der Waals surface area contributed by atoms with Crippen molar-refractivity contribution in [3.63, 3.8) is 0 Å². The van der Waals surface area contributed by atoms with Gasteiger partial charge in [0, 0.05) is 0 Å². The van der Waals surface area contributed by atoms with E-state index in [0.29, 0.717) is 0 Å². The van der Waals surface area contributed by atoms with Gasteiger partial charge in [0.2, 0.25) is 0 Å². The minimum atomic E-state index is -0.671. The molecule has 0 radical (unpaired) electrons. The summed E-state index contributed by atoms with van der Waals surface area (Å²) < 4.78 is 19.1. The van der Waals surface area contributed by atoms with E-state index in [1.165, 1.54) is 28.4 Å². The zero-order chi connectivity index (χ0) is 13.0. The lowest BCUT2D eigenvalue weighted by atomic mass is 10.3. The third-order valence-corrected chi connectivity index (χ3v) is 2.10. The van der Waals surface area contributed by atoms with E-state index in [1.54, 1.807) is 0 Å². The summed E-state index contributed by atoms with van der Waals surface area (Å²) >= 11 is 0. The Bertz CT molecular complexity index is 398. The first-order chi connectivity index (χ1) is 8.10. The molecule has 0 fully saturated rings. The van der Waals surface area contributed by atoms with Crippen LogP contribution in [0.2, 0.25) is 0 Å². The molecule has 7 nitrogen and oxygen atoms in total. The van der Waals surface area contributed by atoms with E-state index in [4.69, 9.17) is 9.47 Å². The van der Waals surface area contributed by atoms with Crippen LogP contribution >= 0.6 is 0 Å². The lowest BCUT2D eigenvalue weighted by molar-refractivity contribution is 0.0588. The number of methoxy groups -OCH3 is 4. The van der Waals surface area contributed by atoms with E-state index in [0.717, 1.165) is 0 Å². The van der Waals surface area contributed by atoms with Crippen LogP contribution in [-0.2, 0) is 9.47 Å². The average Bonchev–Trinajstić information content (AvgIpc) is 2.74. The number of ether oxygens (including phenoxy) is 4. The van der Waals surface area contributed by atoms with Crippen LogP contribution in [0.5, 0.6) is 11.5 Å². The molecule has 0 saturated carbocycles. The fourth-order valence-electron chi connectivity index (χ4n) is 1.35. The van der Waals surface area contributed by atoms with Crippen LogP contribution in [0.15, 0.2) is 0 Å². The van der Waals surface area contributed by atoms with E-state index in [1.807, 2.05) is 0 Å². The monoisotopic (exact) mass is 243 g/mol. The van der Waals surface area contributed by atoms with E-state index in [9.17, 15) is 9.59 Å². The smallest absolute Gasteiger partial charge is 0.358 e. The van der Waals surface area contributed by atoms with E-state index >= 15 is 0 Å². The minimum absolute atomic E-state index is 0.00718. The van der Waals surface area contributed by atoms with Gasteiger partial charge in [0.1, 0.15) is 0 Å². The van der Waals surface area contributed by atoms with Gasteiger partial charge in [0.25, 0.3) is 0 Å². The number of aromatic nitrogens is 1. The van der Waals surface area contributed by atoms with Crippen molar-refractivity contribution in [2.24, 2.45) is 0 Å². The molecule has 0 unspecified atom stereocenters. The van der Waals surface area contributed by atoms with Gasteiger partial charge in [-0.3, -0.25) is 0 Å². The maximum absolute atomic E-state index is 11.4. The molecule has 0 aliphatic carbocycles. The Labute approximate surface area is 97.6 Å². The van der Waals surface area contributed by atoms with Crippen LogP contribution in [-0.4, -0.2) is 45.4 Å². The molecule has 0 bridgehead atoms. The molecule has 0 amide bonds. The first-order valence-corrected chi connectivity index (χ1v) is 4.61. The van der Waals surface area contributed by atoms with Crippen molar-refractivity contribution in [2.45, 2.75) is 0 Å². The third kappa shape index (κ3) is 2.17. The van der Waals surface area contributed by atoms with Crippen LogP contribution in [0.1, 0.15) is 21.0 Å². The van der Waals surface area contributed by atoms with Gasteiger partial charge >= 0.3 is 11.9 Å². The molecule has 94 valence electrons. The van der Waals surface area contributed by atoms with Gasteiger partial charge in [0.15, 0.2) is 22.9 Å². The quantitative estimate of drug-likeness (QED) is 0.779. The molecule has 1 N–H and O–H groups in total. The second-order valence-electron chi connectivity index (χ2n) is 2.92. The first kappa shape index (κ1) is 12.9. The molecule has 1 aromatic rings. The summed E-state index contributed by atoms with van der Waals surface area (Å²) in [6, 6.07) is 0. The van der Waals surface area contributed by atoms with Gasteiger partial charge in [-0.1, -0.05) is 0 Å². The SMILES string of the molecule is COC(=O)c1[nH]c(C(=O)OC)c(OC)c1OC. The van der Waals surface area contributed by atoms with Gasteiger partial charge in [-0.05, 0) is 0 Å². The summed E-state index contributed by atoms with van der Waals surface area (Å²) in [7, 11) is 5.12. The zero-order valence-corrected chi connectivity index (χ0v) is 9.95. The number of hydrogen-bond acceptors (Lipinski definition) is 6. The van der Waals surface area contributed by atoms with Gasteiger partial charge < -0.3 is 23.9 Å². The number of carbonyl (C=O) groups excluding carboxylic acids is 2. The second-order valence-corrected chi connectivity index (χ2v) is 2.92. The highest BCUT2D eigenvalue weighted by atomic mass is 16.5. The normalized spacial score (nSPS) is 9.65. The lowest BCUT2D eigenvalue weighted by Gasteiger charge is -2.04. The zero-order valence-electron chi connectivity index (χ0n) is 9.95. The maximum Gasteiger partial charge on any atom is 0.358 e. The Kier molecular flexibility index (Phi) is 3.97. The lowest BCUT2D eigenvalue weighted by Crippen LogP contribution is -2.06. The molecule has 0 spiro atoms. The topological polar surface area (TPSA) is 86.9 Å². The van der Waals surface area contributed by atoms with Crippen LogP contribution in [0, 0.1) is 0 Å². The van der Waals surface area contributed by atoms with Crippen LogP contribution in [0.4, 0.5) is 0 Å². The third-order valence-electron chi connectivity index (χ3n) is 2.10. The van der Waals surface area contributed by atoms with Crippen LogP contribution in [0.25, 0.3) is 0 Å². The van der Waals surface area contributed by atoms with Crippen molar-refractivity contribution < 1.29 is 28.5 Å². The summed E-state index contributed by atoms with van der Waals surface area (Å²) in [5.41, 5.74) is -0.0144. The molecule has 7 heteroatoms. The van der Waals surface area contributed by atoms with Crippen molar-refractivity contribution in [3.05, 3.63) is 11.4 Å². The highest BCUT2D eigenvalue weighted by molar-refractivity contribution is 5.98. The number of nitrogens with one attached hydrogen (secondary N) is 1. The molecule has 1 rings (SSSR count). The molecule has 0 atom stereocenters. The van der Waals surface area contributed by atoms with E-state index < -0.39 is 11.9 Å². The number of esters is 2. The van der Waals surface area contributed by atoms with Crippen molar-refractivity contribution in [3.8, 4) is 11.5 Å². The standard InChI is InChI=1S/C10H13NO6/c1-14-7-5(9(12)16-3)11-6(8(7)15-2)10(13)17-4/h11H,1-4H3. The summed E-state index contributed by atoms with van der Waals surface area (Å²) in [6.45, 7) is 0. The number of H-pyrrole nitrogens is 1. The molecule has 0 aliphatic heterocycles. The van der Waals surface area contributed by atoms with Gasteiger partial charge in [0.05, 0.1) is 28.4 Å². The summed E-state index contributed by atoms with van der Waals surface area (Å²) in [4.78, 5) is 25.4. The molecular weight excluding hydrogens is 230 g/mol.